The number of nitrogens with one attached hydrogen (secondary N) is 1. The smallest absolute Gasteiger partial charge is 0.335 e. The molecule has 2 aromatic rings. The third-order valence-corrected chi connectivity index (χ3v) is 3.61. The molecular weight excluding hydrogens is 303 g/mol. The molecule has 0 saturated carbocycles. The number of carboxylic acid groups (broad SMARTS) is 1. The van der Waals surface area contributed by atoms with Gasteiger partial charge in [0.25, 0.3) is 0 Å². The first-order valence-corrected chi connectivity index (χ1v) is 7.05. The highest BCUT2D eigenvalue weighted by Gasteiger charge is 2.20. The zero-order chi connectivity index (χ0) is 17.1. The Hall–Kier alpha value is -2.70. The number of halogens is 1. The van der Waals surface area contributed by atoms with Crippen molar-refractivity contribution in [1.82, 2.24) is 5.16 Å². The summed E-state index contributed by atoms with van der Waals surface area (Å²) in [5.41, 5.74) is 1.30. The average Bonchev–Trinajstić information content (AvgIpc) is 2.80. The molecular formula is C16H17FN2O4. The molecule has 1 amide bonds. The largest absolute Gasteiger partial charge is 0.478 e. The molecule has 7 heteroatoms. The second-order valence-electron chi connectivity index (χ2n) is 5.40. The van der Waals surface area contributed by atoms with Gasteiger partial charge < -0.3 is 14.9 Å². The quantitative estimate of drug-likeness (QED) is 0.883. The lowest BCUT2D eigenvalue weighted by Crippen LogP contribution is -2.23. The fraction of sp³-hybridized carbons (Fsp3) is 0.312. The van der Waals surface area contributed by atoms with Crippen LogP contribution in [0.5, 0.6) is 0 Å². The number of aryl methyl sites for hydroxylation is 2. The molecule has 0 aliphatic rings. The third kappa shape index (κ3) is 3.74. The highest BCUT2D eigenvalue weighted by Crippen LogP contribution is 2.20. The minimum Gasteiger partial charge on any atom is -0.478 e. The normalized spacial score (nSPS) is 12.0. The molecule has 1 aromatic heterocycles. The summed E-state index contributed by atoms with van der Waals surface area (Å²) >= 11 is 0. The van der Waals surface area contributed by atoms with Gasteiger partial charge in [-0.2, -0.15) is 0 Å². The topological polar surface area (TPSA) is 92.4 Å². The molecule has 0 radical (unpaired) electrons. The summed E-state index contributed by atoms with van der Waals surface area (Å²) in [4.78, 5) is 23.1. The van der Waals surface area contributed by atoms with Crippen molar-refractivity contribution in [1.29, 1.82) is 0 Å². The zero-order valence-corrected chi connectivity index (χ0v) is 13.0. The summed E-state index contributed by atoms with van der Waals surface area (Å²) in [7, 11) is 0. The van der Waals surface area contributed by atoms with Gasteiger partial charge in [-0.3, -0.25) is 4.79 Å². The molecule has 0 bridgehead atoms. The first-order valence-electron chi connectivity index (χ1n) is 7.05. The Morgan fingerprint density at radius 3 is 2.65 bits per heavy atom. The van der Waals surface area contributed by atoms with Crippen LogP contribution in [-0.2, 0) is 11.2 Å². The van der Waals surface area contributed by atoms with Crippen molar-refractivity contribution < 1.29 is 23.6 Å². The van der Waals surface area contributed by atoms with Gasteiger partial charge in [-0.15, -0.1) is 0 Å². The van der Waals surface area contributed by atoms with Crippen LogP contribution in [0.15, 0.2) is 22.7 Å². The fourth-order valence-corrected chi connectivity index (χ4v) is 2.20. The molecule has 0 unspecified atom stereocenters. The van der Waals surface area contributed by atoms with Gasteiger partial charge in [-0.05, 0) is 38.5 Å². The summed E-state index contributed by atoms with van der Waals surface area (Å²) in [6.07, 6.45) is 0.396. The van der Waals surface area contributed by atoms with Crippen LogP contribution < -0.4 is 5.32 Å². The molecule has 2 N–H and O–H groups in total. The van der Waals surface area contributed by atoms with E-state index in [-0.39, 0.29) is 11.3 Å². The van der Waals surface area contributed by atoms with Crippen LogP contribution in [0.1, 0.15) is 34.3 Å². The van der Waals surface area contributed by atoms with E-state index in [0.717, 1.165) is 23.8 Å². The van der Waals surface area contributed by atoms with Crippen molar-refractivity contribution in [2.75, 3.05) is 5.32 Å². The summed E-state index contributed by atoms with van der Waals surface area (Å²) in [6, 6.07) is 3.25. The molecule has 122 valence electrons. The molecule has 2 rings (SSSR count). The first kappa shape index (κ1) is 16.7. The molecule has 1 atom stereocenters. The van der Waals surface area contributed by atoms with Crippen molar-refractivity contribution in [2.24, 2.45) is 5.92 Å². The van der Waals surface area contributed by atoms with Gasteiger partial charge in [0.1, 0.15) is 11.6 Å². The van der Waals surface area contributed by atoms with Gasteiger partial charge in [0, 0.05) is 11.5 Å². The van der Waals surface area contributed by atoms with Crippen LogP contribution in [0.3, 0.4) is 0 Å². The third-order valence-electron chi connectivity index (χ3n) is 3.61. The number of hydrogen-bond donors (Lipinski definition) is 2. The predicted octanol–water partition coefficient (Wildman–Crippen LogP) is 2.95. The maximum Gasteiger partial charge on any atom is 0.335 e. The monoisotopic (exact) mass is 320 g/mol. The Morgan fingerprint density at radius 1 is 1.39 bits per heavy atom. The predicted molar refractivity (Wildman–Crippen MR) is 80.8 cm³/mol. The van der Waals surface area contributed by atoms with Crippen LogP contribution >= 0.6 is 0 Å². The second-order valence-corrected chi connectivity index (χ2v) is 5.40. The van der Waals surface area contributed by atoms with E-state index in [2.05, 4.69) is 10.5 Å². The van der Waals surface area contributed by atoms with Crippen LogP contribution in [-0.4, -0.2) is 22.1 Å². The Balaban J connectivity index is 2.12. The summed E-state index contributed by atoms with van der Waals surface area (Å²) in [6.45, 7) is 5.24. The average molecular weight is 320 g/mol. The lowest BCUT2D eigenvalue weighted by molar-refractivity contribution is -0.119. The molecule has 1 heterocycles. The lowest BCUT2D eigenvalue weighted by atomic mass is 9.99. The Kier molecular flexibility index (Phi) is 4.78. The lowest BCUT2D eigenvalue weighted by Gasteiger charge is -2.13. The number of anilines is 1. The number of benzene rings is 1. The van der Waals surface area contributed by atoms with Crippen LogP contribution in [0.2, 0.25) is 0 Å². The molecule has 0 aliphatic heterocycles. The van der Waals surface area contributed by atoms with Gasteiger partial charge in [-0.1, -0.05) is 12.1 Å². The molecule has 0 fully saturated rings. The standard InChI is InChI=1S/C16H17FN2O4/c1-8(6-12-9(2)19-23-10(12)3)15(20)18-14-7-11(16(21)22)4-5-13(14)17/h4-5,7-8H,6H2,1-3H3,(H,18,20)(H,21,22)/t8-/m1/s1. The minimum atomic E-state index is -1.19. The SMILES string of the molecule is Cc1noc(C)c1C[C@@H](C)C(=O)Nc1cc(C(=O)O)ccc1F. The highest BCUT2D eigenvalue weighted by molar-refractivity contribution is 5.95. The molecule has 0 spiro atoms. The Bertz CT molecular complexity index is 735. The summed E-state index contributed by atoms with van der Waals surface area (Å²) < 4.78 is 18.8. The molecule has 1 aromatic carbocycles. The summed E-state index contributed by atoms with van der Waals surface area (Å²) in [5.74, 6) is -2.11. The Labute approximate surface area is 132 Å². The number of amides is 1. The van der Waals surface area contributed by atoms with Crippen molar-refractivity contribution >= 4 is 17.6 Å². The molecule has 6 nitrogen and oxygen atoms in total. The van der Waals surface area contributed by atoms with Gasteiger partial charge >= 0.3 is 5.97 Å². The van der Waals surface area contributed by atoms with Crippen LogP contribution in [0.25, 0.3) is 0 Å². The summed E-state index contributed by atoms with van der Waals surface area (Å²) in [5, 5.41) is 15.2. The van der Waals surface area contributed by atoms with E-state index in [9.17, 15) is 14.0 Å². The van der Waals surface area contributed by atoms with Gasteiger partial charge in [-0.25, -0.2) is 9.18 Å². The van der Waals surface area contributed by atoms with E-state index in [1.165, 1.54) is 0 Å². The highest BCUT2D eigenvalue weighted by atomic mass is 19.1. The van der Waals surface area contributed by atoms with E-state index in [1.54, 1.807) is 20.8 Å². The number of carboxylic acids is 1. The van der Waals surface area contributed by atoms with Gasteiger partial charge in [0.2, 0.25) is 5.91 Å². The number of rotatable bonds is 5. The van der Waals surface area contributed by atoms with Crippen molar-refractivity contribution in [3.05, 3.63) is 46.6 Å². The van der Waals surface area contributed by atoms with Crippen molar-refractivity contribution in [2.45, 2.75) is 27.2 Å². The van der Waals surface area contributed by atoms with E-state index < -0.39 is 23.6 Å². The van der Waals surface area contributed by atoms with E-state index in [0.29, 0.717) is 17.9 Å². The van der Waals surface area contributed by atoms with E-state index >= 15 is 0 Å². The number of aromatic carboxylic acids is 1. The number of aromatic nitrogens is 1. The maximum atomic E-state index is 13.7. The van der Waals surface area contributed by atoms with Crippen LogP contribution in [0, 0.1) is 25.6 Å². The number of carbonyl (C=O) groups is 2. The zero-order valence-electron chi connectivity index (χ0n) is 13.0. The molecule has 0 aliphatic carbocycles. The van der Waals surface area contributed by atoms with Gasteiger partial charge in [0.15, 0.2) is 0 Å². The number of hydrogen-bond acceptors (Lipinski definition) is 4. The second kappa shape index (κ2) is 6.60. The maximum absolute atomic E-state index is 13.7. The minimum absolute atomic E-state index is 0.0972. The first-order chi connectivity index (χ1) is 10.8. The Morgan fingerprint density at radius 2 is 2.09 bits per heavy atom. The number of nitrogens with zero attached hydrogens (tertiary/aromatic N) is 1. The van der Waals surface area contributed by atoms with Crippen molar-refractivity contribution in [3.8, 4) is 0 Å². The number of carbonyl (C=O) groups excluding carboxylic acids is 1. The molecule has 0 saturated heterocycles. The van der Waals surface area contributed by atoms with Crippen molar-refractivity contribution in [3.63, 3.8) is 0 Å². The molecule has 23 heavy (non-hydrogen) atoms. The fourth-order valence-electron chi connectivity index (χ4n) is 2.20. The van der Waals surface area contributed by atoms with E-state index in [4.69, 9.17) is 9.63 Å². The van der Waals surface area contributed by atoms with Gasteiger partial charge in [0.05, 0.1) is 16.9 Å². The van der Waals surface area contributed by atoms with E-state index in [1.807, 2.05) is 0 Å². The van der Waals surface area contributed by atoms with Crippen LogP contribution in [0.4, 0.5) is 10.1 Å².